The van der Waals surface area contributed by atoms with Gasteiger partial charge in [0.2, 0.25) is 11.8 Å². The van der Waals surface area contributed by atoms with Crippen molar-refractivity contribution in [2.45, 2.75) is 24.9 Å². The van der Waals surface area contributed by atoms with Gasteiger partial charge in [-0.05, 0) is 12.5 Å². The van der Waals surface area contributed by atoms with E-state index in [-0.39, 0.29) is 23.7 Å². The molecule has 1 aromatic rings. The lowest BCUT2D eigenvalue weighted by molar-refractivity contribution is -0.276. The molecule has 3 rings (SSSR count). The fraction of sp³-hybridized carbons (Fsp3) is 0.385. The van der Waals surface area contributed by atoms with Crippen molar-refractivity contribution in [2.24, 2.45) is 5.92 Å². The minimum atomic E-state index is -4.82. The van der Waals surface area contributed by atoms with E-state index in [1.54, 1.807) is 0 Å². The Balaban J connectivity index is 1.62. The summed E-state index contributed by atoms with van der Waals surface area (Å²) in [6.07, 6.45) is -4.23. The predicted octanol–water partition coefficient (Wildman–Crippen LogP) is 1.28. The molecule has 1 aromatic heterocycles. The number of amides is 1. The van der Waals surface area contributed by atoms with Crippen LogP contribution >= 0.6 is 0 Å². The van der Waals surface area contributed by atoms with E-state index in [2.05, 4.69) is 32.2 Å². The van der Waals surface area contributed by atoms with Crippen molar-refractivity contribution >= 4 is 11.7 Å². The number of hydrogen-bond acceptors (Lipinski definition) is 4. The fourth-order valence-electron chi connectivity index (χ4n) is 2.23. The molecule has 0 spiro atoms. The van der Waals surface area contributed by atoms with Crippen LogP contribution in [0.15, 0.2) is 18.2 Å². The molecule has 1 amide bonds. The highest BCUT2D eigenvalue weighted by Crippen LogP contribution is 2.26. The summed E-state index contributed by atoms with van der Waals surface area (Å²) in [5, 5.41) is 5.50. The van der Waals surface area contributed by atoms with Gasteiger partial charge in [0.25, 0.3) is 0 Å². The highest BCUT2D eigenvalue weighted by molar-refractivity contribution is 5.94. The molecular weight excluding hydrogens is 287 g/mol. The molecule has 0 unspecified atom stereocenters. The number of rotatable bonds is 3. The number of nitrogens with zero attached hydrogens (tertiary/aromatic N) is 1. The number of carbonyl (C=O) groups is 1. The zero-order chi connectivity index (χ0) is 15.0. The van der Waals surface area contributed by atoms with E-state index < -0.39 is 18.3 Å². The van der Waals surface area contributed by atoms with Gasteiger partial charge in [0.1, 0.15) is 5.82 Å². The van der Waals surface area contributed by atoms with Crippen LogP contribution < -0.4 is 15.4 Å². The van der Waals surface area contributed by atoms with E-state index in [0.717, 1.165) is 6.07 Å². The summed E-state index contributed by atoms with van der Waals surface area (Å²) < 4.78 is 40.0. The van der Waals surface area contributed by atoms with Gasteiger partial charge in [-0.1, -0.05) is 17.9 Å². The second-order valence-corrected chi connectivity index (χ2v) is 4.73. The highest BCUT2D eigenvalue weighted by Gasteiger charge is 2.39. The topological polar surface area (TPSA) is 63.2 Å². The summed E-state index contributed by atoms with van der Waals surface area (Å²) in [6.45, 7) is 0. The van der Waals surface area contributed by atoms with E-state index in [0.29, 0.717) is 6.42 Å². The molecule has 0 bridgehead atoms. The van der Waals surface area contributed by atoms with Gasteiger partial charge in [-0.15, -0.1) is 13.2 Å². The van der Waals surface area contributed by atoms with Crippen LogP contribution in [-0.2, 0) is 4.79 Å². The molecule has 0 saturated carbocycles. The summed E-state index contributed by atoms with van der Waals surface area (Å²) in [7, 11) is 0. The van der Waals surface area contributed by atoms with Crippen molar-refractivity contribution in [3.05, 3.63) is 18.2 Å². The summed E-state index contributed by atoms with van der Waals surface area (Å²) in [5.41, 5.74) is 0. The third-order valence-corrected chi connectivity index (χ3v) is 3.21. The zero-order valence-corrected chi connectivity index (χ0v) is 10.6. The van der Waals surface area contributed by atoms with E-state index in [1.807, 2.05) is 0 Å². The number of pyridine rings is 1. The van der Waals surface area contributed by atoms with Gasteiger partial charge in [-0.2, -0.15) is 4.98 Å². The van der Waals surface area contributed by atoms with Crippen molar-refractivity contribution in [2.75, 3.05) is 5.32 Å². The van der Waals surface area contributed by atoms with E-state index >= 15 is 0 Å². The van der Waals surface area contributed by atoms with Crippen LogP contribution in [0.4, 0.5) is 19.0 Å². The maximum absolute atomic E-state index is 12.1. The first-order valence-corrected chi connectivity index (χ1v) is 6.21. The first-order chi connectivity index (χ1) is 9.90. The van der Waals surface area contributed by atoms with Gasteiger partial charge in [0.15, 0.2) is 0 Å². The first kappa shape index (κ1) is 13.7. The van der Waals surface area contributed by atoms with Gasteiger partial charge in [-0.25, -0.2) is 0 Å². The molecule has 8 heteroatoms. The van der Waals surface area contributed by atoms with E-state index in [1.165, 1.54) is 12.1 Å². The molecule has 0 radical (unpaired) electrons. The van der Waals surface area contributed by atoms with Crippen LogP contribution in [0.1, 0.15) is 6.42 Å². The lowest BCUT2D eigenvalue weighted by Gasteiger charge is -2.14. The monoisotopic (exact) mass is 297 g/mol. The number of alkyl halides is 3. The molecule has 2 aliphatic rings. The van der Waals surface area contributed by atoms with Crippen LogP contribution in [0.2, 0.25) is 0 Å². The molecule has 110 valence electrons. The second kappa shape index (κ2) is 4.93. The summed E-state index contributed by atoms with van der Waals surface area (Å²) in [5.74, 6) is 5.03. The molecule has 3 atom stereocenters. The third-order valence-electron chi connectivity index (χ3n) is 3.21. The minimum absolute atomic E-state index is 0.00344. The predicted molar refractivity (Wildman–Crippen MR) is 66.1 cm³/mol. The maximum Gasteiger partial charge on any atom is 0.574 e. The van der Waals surface area contributed by atoms with Crippen molar-refractivity contribution < 1.29 is 22.7 Å². The van der Waals surface area contributed by atoms with Crippen molar-refractivity contribution in [1.82, 2.24) is 10.3 Å². The van der Waals surface area contributed by atoms with Gasteiger partial charge < -0.3 is 10.1 Å². The largest absolute Gasteiger partial charge is 0.574 e. The normalized spacial score (nSPS) is 26.1. The number of fused-ring (bicyclic) bond motifs is 1. The second-order valence-electron chi connectivity index (χ2n) is 4.73. The Morgan fingerprint density at radius 1 is 1.43 bits per heavy atom. The number of hydrogen-bond donors (Lipinski definition) is 2. The zero-order valence-electron chi connectivity index (χ0n) is 10.6. The Labute approximate surface area is 117 Å². The van der Waals surface area contributed by atoms with Crippen LogP contribution in [-0.4, -0.2) is 29.3 Å². The molecule has 1 fully saturated rings. The Bertz CT molecular complexity index is 620. The summed E-state index contributed by atoms with van der Waals surface area (Å²) in [4.78, 5) is 15.6. The third kappa shape index (κ3) is 3.08. The molecular formula is C13H10F3N3O2. The number of carbonyl (C=O) groups excluding carboxylic acids is 1. The average molecular weight is 297 g/mol. The quantitative estimate of drug-likeness (QED) is 0.825. The van der Waals surface area contributed by atoms with Crippen molar-refractivity contribution in [3.63, 3.8) is 0 Å². The van der Waals surface area contributed by atoms with Crippen molar-refractivity contribution in [3.8, 4) is 17.7 Å². The first-order valence-electron chi connectivity index (χ1n) is 6.21. The number of aromatic nitrogens is 1. The van der Waals surface area contributed by atoms with Gasteiger partial charge in [0, 0.05) is 12.0 Å². The van der Waals surface area contributed by atoms with Crippen LogP contribution in [0, 0.1) is 17.8 Å². The summed E-state index contributed by atoms with van der Waals surface area (Å²) in [6, 6.07) is 3.37. The van der Waals surface area contributed by atoms with Gasteiger partial charge in [0.05, 0.1) is 12.1 Å². The molecule has 0 aromatic carbocycles. The van der Waals surface area contributed by atoms with Crippen LogP contribution in [0.3, 0.4) is 0 Å². The molecule has 5 nitrogen and oxygen atoms in total. The molecule has 2 N–H and O–H groups in total. The average Bonchev–Trinajstić information content (AvgIpc) is 2.63. The fourth-order valence-corrected chi connectivity index (χ4v) is 2.23. The molecule has 1 aliphatic carbocycles. The number of nitrogens with one attached hydrogen (secondary N) is 2. The Hall–Kier alpha value is -2.27. The number of halogens is 3. The molecule has 2 heterocycles. The lowest BCUT2D eigenvalue weighted by Crippen LogP contribution is -2.40. The van der Waals surface area contributed by atoms with Gasteiger partial charge >= 0.3 is 6.36 Å². The SMILES string of the molecule is O=C(Nc1cccc(OC(F)(F)F)n1)[C@@H]1C[C@H]2C#C[C@H]2N1. The van der Waals surface area contributed by atoms with Crippen molar-refractivity contribution in [1.29, 1.82) is 0 Å². The number of anilines is 1. The molecule has 1 saturated heterocycles. The Morgan fingerprint density at radius 3 is 2.81 bits per heavy atom. The number of ether oxygens (including phenoxy) is 1. The van der Waals surface area contributed by atoms with Crippen LogP contribution in [0.25, 0.3) is 0 Å². The summed E-state index contributed by atoms with van der Waals surface area (Å²) >= 11 is 0. The van der Waals surface area contributed by atoms with E-state index in [4.69, 9.17) is 0 Å². The maximum atomic E-state index is 12.1. The van der Waals surface area contributed by atoms with Crippen LogP contribution in [0.5, 0.6) is 5.88 Å². The Kier molecular flexibility index (Phi) is 3.22. The molecule has 21 heavy (non-hydrogen) atoms. The Morgan fingerprint density at radius 2 is 2.24 bits per heavy atom. The standard InChI is InChI=1S/C13H10F3N3O2/c14-13(15,16)21-11-3-1-2-10(18-11)19-12(20)9-6-7-4-5-8(7)17-9/h1-3,7-9,17H,6H2,(H,18,19,20)/t7-,8-,9+/m1/s1. The lowest BCUT2D eigenvalue weighted by atomic mass is 9.93. The molecule has 1 aliphatic heterocycles. The van der Waals surface area contributed by atoms with E-state index in [9.17, 15) is 18.0 Å². The smallest absolute Gasteiger partial charge is 0.388 e. The van der Waals surface area contributed by atoms with Gasteiger partial charge in [-0.3, -0.25) is 10.1 Å². The highest BCUT2D eigenvalue weighted by atomic mass is 19.4. The minimum Gasteiger partial charge on any atom is -0.388 e.